The Labute approximate surface area is 110 Å². The summed E-state index contributed by atoms with van der Waals surface area (Å²) < 4.78 is 40.7. The highest BCUT2D eigenvalue weighted by Crippen LogP contribution is 2.31. The van der Waals surface area contributed by atoms with Crippen LogP contribution in [0.5, 0.6) is 5.75 Å². The van der Waals surface area contributed by atoms with Gasteiger partial charge in [-0.25, -0.2) is 0 Å². The van der Waals surface area contributed by atoms with Gasteiger partial charge in [0.2, 0.25) is 0 Å². The summed E-state index contributed by atoms with van der Waals surface area (Å²) in [5.74, 6) is -0.179. The van der Waals surface area contributed by atoms with Crippen LogP contribution in [0, 0.1) is 5.92 Å². The molecular formula is C13H18F3NO2. The molecule has 6 heteroatoms. The molecule has 0 aliphatic carbocycles. The summed E-state index contributed by atoms with van der Waals surface area (Å²) in [7, 11) is 0. The molecule has 3 N–H and O–H groups in total. The summed E-state index contributed by atoms with van der Waals surface area (Å²) in [5.41, 5.74) is 5.96. The third-order valence-corrected chi connectivity index (χ3v) is 2.63. The zero-order valence-electron chi connectivity index (χ0n) is 10.8. The maximum atomic E-state index is 12.3. The fourth-order valence-corrected chi connectivity index (χ4v) is 1.81. The van der Waals surface area contributed by atoms with Gasteiger partial charge in [-0.1, -0.05) is 32.0 Å². The highest BCUT2D eigenvalue weighted by atomic mass is 19.4. The second-order valence-electron chi connectivity index (χ2n) is 4.81. The Morgan fingerprint density at radius 2 is 1.84 bits per heavy atom. The van der Waals surface area contributed by atoms with E-state index in [1.54, 1.807) is 6.07 Å². The Morgan fingerprint density at radius 1 is 1.26 bits per heavy atom. The molecule has 1 aromatic carbocycles. The van der Waals surface area contributed by atoms with Gasteiger partial charge in [0, 0.05) is 5.56 Å². The lowest BCUT2D eigenvalue weighted by Crippen LogP contribution is -2.29. The van der Waals surface area contributed by atoms with Gasteiger partial charge in [0.15, 0.2) is 0 Å². The topological polar surface area (TPSA) is 55.5 Å². The zero-order chi connectivity index (χ0) is 14.6. The van der Waals surface area contributed by atoms with Crippen molar-refractivity contribution in [2.45, 2.75) is 38.8 Å². The van der Waals surface area contributed by atoms with Crippen molar-refractivity contribution in [3.8, 4) is 5.75 Å². The van der Waals surface area contributed by atoms with E-state index in [2.05, 4.69) is 4.74 Å². The van der Waals surface area contributed by atoms with Crippen molar-refractivity contribution in [1.29, 1.82) is 0 Å². The van der Waals surface area contributed by atoms with Crippen molar-refractivity contribution < 1.29 is 23.0 Å². The largest absolute Gasteiger partial charge is 0.573 e. The minimum absolute atomic E-state index is 0.146. The number of halogens is 3. The van der Waals surface area contributed by atoms with Gasteiger partial charge in [-0.2, -0.15) is 0 Å². The molecule has 19 heavy (non-hydrogen) atoms. The lowest BCUT2D eigenvalue weighted by molar-refractivity contribution is -0.275. The first-order valence-corrected chi connectivity index (χ1v) is 5.99. The molecule has 0 spiro atoms. The van der Waals surface area contributed by atoms with Crippen molar-refractivity contribution in [3.05, 3.63) is 29.8 Å². The Bertz CT molecular complexity index is 407. The quantitative estimate of drug-likeness (QED) is 0.870. The van der Waals surface area contributed by atoms with E-state index < -0.39 is 18.5 Å². The van der Waals surface area contributed by atoms with E-state index in [-0.39, 0.29) is 17.2 Å². The van der Waals surface area contributed by atoms with Crippen LogP contribution < -0.4 is 10.5 Å². The third kappa shape index (κ3) is 5.08. The molecule has 0 radical (unpaired) electrons. The van der Waals surface area contributed by atoms with Gasteiger partial charge in [0.1, 0.15) is 5.75 Å². The minimum Gasteiger partial charge on any atom is -0.405 e. The van der Waals surface area contributed by atoms with Gasteiger partial charge in [-0.05, 0) is 18.4 Å². The summed E-state index contributed by atoms with van der Waals surface area (Å²) in [6, 6.07) is 4.67. The molecule has 0 saturated heterocycles. The molecule has 1 aromatic rings. The predicted molar refractivity (Wildman–Crippen MR) is 65.5 cm³/mol. The lowest BCUT2D eigenvalue weighted by atomic mass is 9.95. The van der Waals surface area contributed by atoms with Gasteiger partial charge >= 0.3 is 6.36 Å². The van der Waals surface area contributed by atoms with E-state index >= 15 is 0 Å². The van der Waals surface area contributed by atoms with Gasteiger partial charge in [0.05, 0.1) is 12.1 Å². The molecular weight excluding hydrogens is 259 g/mol. The maximum Gasteiger partial charge on any atom is 0.573 e. The fraction of sp³-hybridized carbons (Fsp3) is 0.538. The van der Waals surface area contributed by atoms with Crippen LogP contribution in [0.25, 0.3) is 0 Å². The first kappa shape index (κ1) is 15.8. The molecule has 1 rings (SSSR count). The van der Waals surface area contributed by atoms with Crippen LogP contribution in [0.15, 0.2) is 24.3 Å². The minimum atomic E-state index is -4.78. The van der Waals surface area contributed by atoms with E-state index in [1.807, 2.05) is 13.8 Å². The van der Waals surface area contributed by atoms with E-state index in [0.717, 1.165) is 0 Å². The average molecular weight is 277 g/mol. The standard InChI is InChI=1S/C13H18F3NO2/c1-8(2)7-10(18)12(17)9-5-3-4-6-11(9)19-13(14,15)16/h3-6,8,10,12,18H,7,17H2,1-2H3/t10-,12+/m1/s1. The van der Waals surface area contributed by atoms with E-state index in [0.29, 0.717) is 6.42 Å². The number of hydrogen-bond donors (Lipinski definition) is 2. The van der Waals surface area contributed by atoms with Crippen molar-refractivity contribution in [2.75, 3.05) is 0 Å². The normalized spacial score (nSPS) is 15.4. The number of hydrogen-bond acceptors (Lipinski definition) is 3. The first-order valence-electron chi connectivity index (χ1n) is 5.99. The molecule has 0 aromatic heterocycles. The van der Waals surface area contributed by atoms with Crippen molar-refractivity contribution in [2.24, 2.45) is 11.7 Å². The van der Waals surface area contributed by atoms with Crippen molar-refractivity contribution in [3.63, 3.8) is 0 Å². The number of aliphatic hydroxyl groups is 1. The second kappa shape index (κ2) is 6.25. The van der Waals surface area contributed by atoms with Gasteiger partial charge < -0.3 is 15.6 Å². The van der Waals surface area contributed by atoms with Crippen LogP contribution in [0.3, 0.4) is 0 Å². The van der Waals surface area contributed by atoms with Crippen LogP contribution in [-0.2, 0) is 0 Å². The molecule has 0 saturated carbocycles. The highest BCUT2D eigenvalue weighted by molar-refractivity contribution is 5.36. The molecule has 2 atom stereocenters. The molecule has 0 unspecified atom stereocenters. The fourth-order valence-electron chi connectivity index (χ4n) is 1.81. The molecule has 0 fully saturated rings. The summed E-state index contributed by atoms with van der Waals surface area (Å²) in [6.45, 7) is 3.79. The molecule has 108 valence electrons. The molecule has 0 aliphatic rings. The molecule has 0 heterocycles. The smallest absolute Gasteiger partial charge is 0.405 e. The van der Waals surface area contributed by atoms with E-state index in [9.17, 15) is 18.3 Å². The highest BCUT2D eigenvalue weighted by Gasteiger charge is 2.33. The first-order chi connectivity index (χ1) is 8.70. The van der Waals surface area contributed by atoms with Crippen molar-refractivity contribution >= 4 is 0 Å². The number of ether oxygens (including phenoxy) is 1. The molecule has 0 bridgehead atoms. The Hall–Kier alpha value is -1.27. The summed E-state index contributed by atoms with van der Waals surface area (Å²) in [5, 5.41) is 9.90. The molecule has 0 aliphatic heterocycles. The molecule has 3 nitrogen and oxygen atoms in total. The van der Waals surface area contributed by atoms with Gasteiger partial charge in [0.25, 0.3) is 0 Å². The van der Waals surface area contributed by atoms with E-state index in [1.165, 1.54) is 18.2 Å². The second-order valence-corrected chi connectivity index (χ2v) is 4.81. The number of para-hydroxylation sites is 1. The lowest BCUT2D eigenvalue weighted by Gasteiger charge is -2.23. The SMILES string of the molecule is CC(C)C[C@@H](O)[C@@H](N)c1ccccc1OC(F)(F)F. The Morgan fingerprint density at radius 3 is 2.37 bits per heavy atom. The number of alkyl halides is 3. The van der Waals surface area contributed by atoms with Gasteiger partial charge in [-0.3, -0.25) is 0 Å². The third-order valence-electron chi connectivity index (χ3n) is 2.63. The van der Waals surface area contributed by atoms with Crippen LogP contribution in [-0.4, -0.2) is 17.6 Å². The van der Waals surface area contributed by atoms with Crippen LogP contribution >= 0.6 is 0 Å². The number of nitrogens with two attached hydrogens (primary N) is 1. The van der Waals surface area contributed by atoms with Gasteiger partial charge in [-0.15, -0.1) is 13.2 Å². The van der Waals surface area contributed by atoms with Crippen LogP contribution in [0.2, 0.25) is 0 Å². The van der Waals surface area contributed by atoms with Crippen LogP contribution in [0.1, 0.15) is 31.9 Å². The number of aliphatic hydroxyl groups excluding tert-OH is 1. The number of benzene rings is 1. The number of rotatable bonds is 5. The summed E-state index contributed by atoms with van der Waals surface area (Å²) >= 11 is 0. The Balaban J connectivity index is 2.93. The Kier molecular flexibility index (Phi) is 5.20. The average Bonchev–Trinajstić information content (AvgIpc) is 2.25. The monoisotopic (exact) mass is 277 g/mol. The summed E-state index contributed by atoms with van der Waals surface area (Å²) in [4.78, 5) is 0. The maximum absolute atomic E-state index is 12.3. The molecule has 0 amide bonds. The van der Waals surface area contributed by atoms with Crippen LogP contribution in [0.4, 0.5) is 13.2 Å². The van der Waals surface area contributed by atoms with E-state index in [4.69, 9.17) is 5.73 Å². The van der Waals surface area contributed by atoms with Crippen molar-refractivity contribution in [1.82, 2.24) is 0 Å². The summed E-state index contributed by atoms with van der Waals surface area (Å²) in [6.07, 6.45) is -5.29. The zero-order valence-corrected chi connectivity index (χ0v) is 10.8. The predicted octanol–water partition coefficient (Wildman–Crippen LogP) is 2.99.